The van der Waals surface area contributed by atoms with Crippen LogP contribution in [0.4, 0.5) is 0 Å². The molecule has 1 aliphatic carbocycles. The Hall–Kier alpha value is -2.55. The lowest BCUT2D eigenvalue weighted by Gasteiger charge is -2.19. The van der Waals surface area contributed by atoms with E-state index in [2.05, 4.69) is 10.1 Å². The number of nitrogens with zero attached hydrogens (tertiary/aromatic N) is 3. The van der Waals surface area contributed by atoms with Gasteiger partial charge in [-0.2, -0.15) is 4.98 Å². The summed E-state index contributed by atoms with van der Waals surface area (Å²) in [4.78, 5) is 42.8. The van der Waals surface area contributed by atoms with Gasteiger partial charge in [0.25, 0.3) is 5.89 Å². The van der Waals surface area contributed by atoms with Gasteiger partial charge in [-0.1, -0.05) is 24.1 Å². The highest BCUT2D eigenvalue weighted by Crippen LogP contribution is 2.37. The Morgan fingerprint density at radius 3 is 2.65 bits per heavy atom. The van der Waals surface area contributed by atoms with Crippen LogP contribution in [0.3, 0.4) is 0 Å². The van der Waals surface area contributed by atoms with Gasteiger partial charge in [-0.25, -0.2) is 0 Å². The van der Waals surface area contributed by atoms with Crippen LogP contribution < -0.4 is 0 Å². The van der Waals surface area contributed by atoms with Crippen molar-refractivity contribution in [3.8, 4) is 10.8 Å². The van der Waals surface area contributed by atoms with Crippen LogP contribution in [-0.4, -0.2) is 39.4 Å². The molecule has 1 saturated carbocycles. The summed E-state index contributed by atoms with van der Waals surface area (Å²) in [5.74, 6) is -1.11. The molecule has 8 nitrogen and oxygen atoms in total. The molecule has 0 spiro atoms. The summed E-state index contributed by atoms with van der Waals surface area (Å²) >= 11 is 1.46. The van der Waals surface area contributed by atoms with E-state index >= 15 is 0 Å². The minimum Gasteiger partial charge on any atom is -0.456 e. The molecule has 3 heterocycles. The second-order valence-corrected chi connectivity index (χ2v) is 7.36. The Morgan fingerprint density at radius 2 is 2.00 bits per heavy atom. The van der Waals surface area contributed by atoms with E-state index < -0.39 is 5.97 Å². The Kier molecular flexibility index (Phi) is 4.54. The fourth-order valence-corrected chi connectivity index (χ4v) is 4.16. The first-order chi connectivity index (χ1) is 12.6. The molecule has 2 aromatic rings. The maximum absolute atomic E-state index is 12.4. The summed E-state index contributed by atoms with van der Waals surface area (Å²) in [5, 5.41) is 5.65. The van der Waals surface area contributed by atoms with Crippen LogP contribution in [0, 0.1) is 11.8 Å². The van der Waals surface area contributed by atoms with E-state index in [4.69, 9.17) is 9.26 Å². The Balaban J connectivity index is 1.33. The number of carbonyl (C=O) groups is 3. The Bertz CT molecular complexity index is 807. The minimum atomic E-state index is -0.659. The lowest BCUT2D eigenvalue weighted by molar-refractivity contribution is -0.154. The van der Waals surface area contributed by atoms with Crippen molar-refractivity contribution in [2.45, 2.75) is 32.3 Å². The summed E-state index contributed by atoms with van der Waals surface area (Å²) in [6.07, 6.45) is 3.33. The number of amides is 2. The Morgan fingerprint density at radius 1 is 1.27 bits per heavy atom. The van der Waals surface area contributed by atoms with E-state index in [1.165, 1.54) is 11.3 Å². The van der Waals surface area contributed by atoms with Gasteiger partial charge in [-0.15, -0.1) is 11.3 Å². The van der Waals surface area contributed by atoms with E-state index in [1.54, 1.807) is 0 Å². The quantitative estimate of drug-likeness (QED) is 0.582. The van der Waals surface area contributed by atoms with Crippen LogP contribution in [-0.2, 0) is 25.7 Å². The molecule has 2 fully saturated rings. The average molecular weight is 375 g/mol. The number of carbonyl (C=O) groups excluding carboxylic acids is 3. The lowest BCUT2D eigenvalue weighted by Crippen LogP contribution is -2.36. The van der Waals surface area contributed by atoms with E-state index in [1.807, 2.05) is 17.5 Å². The molecule has 9 heteroatoms. The molecule has 26 heavy (non-hydrogen) atoms. The van der Waals surface area contributed by atoms with Crippen molar-refractivity contribution in [1.29, 1.82) is 0 Å². The average Bonchev–Trinajstić information content (AvgIpc) is 3.38. The normalized spacial score (nSPS) is 22.5. The zero-order chi connectivity index (χ0) is 18.1. The van der Waals surface area contributed by atoms with Crippen molar-refractivity contribution >= 4 is 29.1 Å². The SMILES string of the molecule is O=C(CN1C(=O)C2CCCCC2C1=O)OCc1noc(-c2cccs2)n1. The highest BCUT2D eigenvalue weighted by Gasteiger charge is 2.48. The molecular formula is C17H17N3O5S. The van der Waals surface area contributed by atoms with Crippen molar-refractivity contribution in [2.75, 3.05) is 6.54 Å². The van der Waals surface area contributed by atoms with E-state index in [9.17, 15) is 14.4 Å². The first kappa shape index (κ1) is 16.9. The molecule has 0 radical (unpaired) electrons. The fraction of sp³-hybridized carbons (Fsp3) is 0.471. The highest BCUT2D eigenvalue weighted by molar-refractivity contribution is 7.13. The van der Waals surface area contributed by atoms with E-state index in [-0.39, 0.29) is 42.6 Å². The molecule has 4 rings (SSSR count). The third kappa shape index (κ3) is 3.14. The first-order valence-electron chi connectivity index (χ1n) is 8.51. The fourth-order valence-electron chi connectivity index (χ4n) is 3.52. The van der Waals surface area contributed by atoms with Crippen molar-refractivity contribution in [3.63, 3.8) is 0 Å². The summed E-state index contributed by atoms with van der Waals surface area (Å²) in [5.41, 5.74) is 0. The lowest BCUT2D eigenvalue weighted by atomic mass is 9.81. The number of imide groups is 1. The number of fused-ring (bicyclic) bond motifs is 1. The number of thiophene rings is 1. The van der Waals surface area contributed by atoms with Crippen LogP contribution >= 0.6 is 11.3 Å². The molecule has 2 unspecified atom stereocenters. The summed E-state index contributed by atoms with van der Waals surface area (Å²) in [6.45, 7) is -0.531. The predicted molar refractivity (Wildman–Crippen MR) is 89.6 cm³/mol. The van der Waals surface area contributed by atoms with Gasteiger partial charge in [0, 0.05) is 0 Å². The Labute approximate surface area is 153 Å². The molecule has 136 valence electrons. The second kappa shape index (κ2) is 6.99. The molecule has 0 bridgehead atoms. The largest absolute Gasteiger partial charge is 0.456 e. The molecule has 2 amide bonds. The number of esters is 1. The van der Waals surface area contributed by atoms with Gasteiger partial charge < -0.3 is 9.26 Å². The monoisotopic (exact) mass is 375 g/mol. The summed E-state index contributed by atoms with van der Waals surface area (Å²) in [6, 6.07) is 3.71. The molecule has 1 saturated heterocycles. The molecule has 2 aliphatic rings. The summed E-state index contributed by atoms with van der Waals surface area (Å²) in [7, 11) is 0. The van der Waals surface area contributed by atoms with Crippen molar-refractivity contribution in [2.24, 2.45) is 11.8 Å². The summed E-state index contributed by atoms with van der Waals surface area (Å²) < 4.78 is 10.2. The topological polar surface area (TPSA) is 103 Å². The van der Waals surface area contributed by atoms with Gasteiger partial charge in [-0.3, -0.25) is 19.3 Å². The van der Waals surface area contributed by atoms with Crippen molar-refractivity contribution < 1.29 is 23.6 Å². The minimum absolute atomic E-state index is 0.170. The van der Waals surface area contributed by atoms with Gasteiger partial charge in [0.2, 0.25) is 17.6 Å². The maximum atomic E-state index is 12.4. The van der Waals surface area contributed by atoms with Gasteiger partial charge in [0.15, 0.2) is 6.61 Å². The van der Waals surface area contributed by atoms with Crippen LogP contribution in [0.1, 0.15) is 31.5 Å². The van der Waals surface area contributed by atoms with Crippen LogP contribution in [0.25, 0.3) is 10.8 Å². The van der Waals surface area contributed by atoms with Crippen LogP contribution in [0.2, 0.25) is 0 Å². The number of likely N-dealkylation sites (tertiary alicyclic amines) is 1. The molecule has 2 atom stereocenters. The first-order valence-corrected chi connectivity index (χ1v) is 9.39. The molecule has 0 aromatic carbocycles. The number of aromatic nitrogens is 2. The number of rotatable bonds is 5. The van der Waals surface area contributed by atoms with E-state index in [0.29, 0.717) is 5.89 Å². The molecular weight excluding hydrogens is 358 g/mol. The molecule has 1 aliphatic heterocycles. The molecule has 0 N–H and O–H groups in total. The second-order valence-electron chi connectivity index (χ2n) is 6.41. The third-order valence-electron chi connectivity index (χ3n) is 4.78. The van der Waals surface area contributed by atoms with Gasteiger partial charge in [0.1, 0.15) is 6.54 Å². The van der Waals surface area contributed by atoms with Crippen LogP contribution in [0.15, 0.2) is 22.0 Å². The maximum Gasteiger partial charge on any atom is 0.326 e. The van der Waals surface area contributed by atoms with Crippen molar-refractivity contribution in [3.05, 3.63) is 23.3 Å². The third-order valence-corrected chi connectivity index (χ3v) is 5.64. The van der Waals surface area contributed by atoms with E-state index in [0.717, 1.165) is 35.5 Å². The number of hydrogen-bond donors (Lipinski definition) is 0. The number of ether oxygens (including phenoxy) is 1. The molecule has 2 aromatic heterocycles. The standard InChI is InChI=1S/C17H17N3O5S/c21-14(8-20-16(22)10-4-1-2-5-11(10)17(20)23)24-9-13-18-15(25-19-13)12-6-3-7-26-12/h3,6-7,10-11H,1-2,4-5,8-9H2. The highest BCUT2D eigenvalue weighted by atomic mass is 32.1. The number of hydrogen-bond acceptors (Lipinski definition) is 8. The van der Waals surface area contributed by atoms with Gasteiger partial charge in [0.05, 0.1) is 16.7 Å². The predicted octanol–water partition coefficient (Wildman–Crippen LogP) is 2.02. The van der Waals surface area contributed by atoms with Gasteiger partial charge in [-0.05, 0) is 24.3 Å². The zero-order valence-corrected chi connectivity index (χ0v) is 14.7. The van der Waals surface area contributed by atoms with Crippen molar-refractivity contribution in [1.82, 2.24) is 15.0 Å². The van der Waals surface area contributed by atoms with Crippen LogP contribution in [0.5, 0.6) is 0 Å². The zero-order valence-electron chi connectivity index (χ0n) is 13.9. The smallest absolute Gasteiger partial charge is 0.326 e. The van der Waals surface area contributed by atoms with Gasteiger partial charge >= 0.3 is 5.97 Å².